The molecule has 2 aliphatic rings. The number of pyridine rings is 1. The van der Waals surface area contributed by atoms with Gasteiger partial charge in [0.1, 0.15) is 5.60 Å². The van der Waals surface area contributed by atoms with Crippen molar-refractivity contribution < 1.29 is 9.53 Å². The SMILES string of the molecule is CC(C)(C)OC(=O)N1CCN([C@@H]2c3ccc(Cl)cc3CCc3cc(Br)cnc32)CC1. The van der Waals surface area contributed by atoms with Gasteiger partial charge in [-0.1, -0.05) is 17.7 Å². The maximum atomic E-state index is 12.5. The molecule has 5 nitrogen and oxygen atoms in total. The van der Waals surface area contributed by atoms with Gasteiger partial charge in [0.2, 0.25) is 0 Å². The van der Waals surface area contributed by atoms with Gasteiger partial charge in [0.15, 0.2) is 0 Å². The molecule has 2 heterocycles. The van der Waals surface area contributed by atoms with E-state index in [9.17, 15) is 4.79 Å². The van der Waals surface area contributed by atoms with Gasteiger partial charge in [-0.05, 0) is 84.4 Å². The highest BCUT2D eigenvalue weighted by Gasteiger charge is 2.34. The number of aromatic nitrogens is 1. The van der Waals surface area contributed by atoms with Gasteiger partial charge in [-0.2, -0.15) is 0 Å². The molecule has 30 heavy (non-hydrogen) atoms. The molecule has 1 saturated heterocycles. The lowest BCUT2D eigenvalue weighted by atomic mass is 9.96. The molecule has 0 unspecified atom stereocenters. The van der Waals surface area contributed by atoms with E-state index in [-0.39, 0.29) is 12.1 Å². The highest BCUT2D eigenvalue weighted by atomic mass is 79.9. The van der Waals surface area contributed by atoms with Crippen LogP contribution in [-0.2, 0) is 17.6 Å². The van der Waals surface area contributed by atoms with Crippen molar-refractivity contribution in [1.82, 2.24) is 14.8 Å². The molecule has 1 aromatic heterocycles. The van der Waals surface area contributed by atoms with Gasteiger partial charge in [-0.15, -0.1) is 0 Å². The minimum absolute atomic E-state index is 0.0589. The first-order valence-corrected chi connectivity index (χ1v) is 11.5. The molecular weight excluding hydrogens is 466 g/mol. The van der Waals surface area contributed by atoms with Crippen molar-refractivity contribution in [2.45, 2.75) is 45.3 Å². The molecule has 0 saturated carbocycles. The largest absolute Gasteiger partial charge is 0.444 e. The van der Waals surface area contributed by atoms with Crippen LogP contribution in [0.15, 0.2) is 34.9 Å². The van der Waals surface area contributed by atoms with Gasteiger partial charge in [0.25, 0.3) is 0 Å². The Balaban J connectivity index is 1.62. The molecule has 0 N–H and O–H groups in total. The van der Waals surface area contributed by atoms with Crippen LogP contribution in [0, 0.1) is 0 Å². The zero-order valence-corrected chi connectivity index (χ0v) is 20.0. The second-order valence-electron chi connectivity index (χ2n) is 8.95. The summed E-state index contributed by atoms with van der Waals surface area (Å²) in [5, 5.41) is 0.766. The fourth-order valence-corrected chi connectivity index (χ4v) is 4.84. The van der Waals surface area contributed by atoms with E-state index in [0.717, 1.165) is 41.1 Å². The van der Waals surface area contributed by atoms with Gasteiger partial charge >= 0.3 is 6.09 Å². The van der Waals surface area contributed by atoms with Crippen molar-refractivity contribution in [2.24, 2.45) is 0 Å². The Morgan fingerprint density at radius 1 is 1.13 bits per heavy atom. The molecule has 1 atom stereocenters. The summed E-state index contributed by atoms with van der Waals surface area (Å²) in [6.07, 6.45) is 3.51. The maximum Gasteiger partial charge on any atom is 0.410 e. The molecule has 1 fully saturated rings. The Hall–Kier alpha value is -1.63. The number of nitrogens with zero attached hydrogens (tertiary/aromatic N) is 3. The second kappa shape index (κ2) is 8.48. The first kappa shape index (κ1) is 21.6. The Bertz CT molecular complexity index is 898. The van der Waals surface area contributed by atoms with E-state index in [1.807, 2.05) is 33.0 Å². The first-order valence-electron chi connectivity index (χ1n) is 10.4. The zero-order chi connectivity index (χ0) is 21.5. The number of halogens is 2. The first-order chi connectivity index (χ1) is 14.2. The van der Waals surface area contributed by atoms with E-state index in [0.29, 0.717) is 13.1 Å². The molecule has 7 heteroatoms. The third-order valence-electron chi connectivity index (χ3n) is 5.62. The number of amides is 1. The van der Waals surface area contributed by atoms with Crippen molar-refractivity contribution in [3.05, 3.63) is 62.3 Å². The smallest absolute Gasteiger partial charge is 0.410 e. The van der Waals surface area contributed by atoms with E-state index in [1.165, 1.54) is 16.7 Å². The third kappa shape index (κ3) is 4.66. The third-order valence-corrected chi connectivity index (χ3v) is 6.29. The number of hydrogen-bond donors (Lipinski definition) is 0. The number of piperazine rings is 1. The van der Waals surface area contributed by atoms with Crippen LogP contribution >= 0.6 is 27.5 Å². The minimum atomic E-state index is -0.482. The fourth-order valence-electron chi connectivity index (χ4n) is 4.27. The quantitative estimate of drug-likeness (QED) is 0.546. The highest BCUT2D eigenvalue weighted by Crippen LogP contribution is 2.38. The van der Waals surface area contributed by atoms with Gasteiger partial charge in [0.05, 0.1) is 11.7 Å². The molecular formula is C23H27BrClN3O2. The van der Waals surface area contributed by atoms with E-state index < -0.39 is 5.60 Å². The summed E-state index contributed by atoms with van der Waals surface area (Å²) in [4.78, 5) is 21.5. The summed E-state index contributed by atoms with van der Waals surface area (Å²) in [6.45, 7) is 8.51. The van der Waals surface area contributed by atoms with Crippen molar-refractivity contribution in [1.29, 1.82) is 0 Å². The zero-order valence-electron chi connectivity index (χ0n) is 17.6. The molecule has 1 aliphatic carbocycles. The molecule has 2 aromatic rings. The Kier molecular flexibility index (Phi) is 6.11. The summed E-state index contributed by atoms with van der Waals surface area (Å²) in [6, 6.07) is 8.43. The average molecular weight is 493 g/mol. The Morgan fingerprint density at radius 3 is 2.53 bits per heavy atom. The van der Waals surface area contributed by atoms with Crippen LogP contribution in [0.3, 0.4) is 0 Å². The number of benzene rings is 1. The molecule has 0 spiro atoms. The van der Waals surface area contributed by atoms with Crippen LogP contribution in [0.5, 0.6) is 0 Å². The van der Waals surface area contributed by atoms with E-state index >= 15 is 0 Å². The average Bonchev–Trinajstić information content (AvgIpc) is 2.83. The van der Waals surface area contributed by atoms with Crippen LogP contribution < -0.4 is 0 Å². The topological polar surface area (TPSA) is 45.7 Å². The summed E-state index contributed by atoms with van der Waals surface area (Å²) >= 11 is 9.88. The van der Waals surface area contributed by atoms with Crippen LogP contribution in [0.1, 0.15) is 49.2 Å². The number of carbonyl (C=O) groups is 1. The fraction of sp³-hybridized carbons (Fsp3) is 0.478. The van der Waals surface area contributed by atoms with E-state index in [1.54, 1.807) is 4.90 Å². The second-order valence-corrected chi connectivity index (χ2v) is 10.3. The summed E-state index contributed by atoms with van der Waals surface area (Å²) in [5.74, 6) is 0. The van der Waals surface area contributed by atoms with Crippen molar-refractivity contribution >= 4 is 33.6 Å². The number of fused-ring (bicyclic) bond motifs is 2. The number of aryl methyl sites for hydroxylation is 2. The molecule has 4 rings (SSSR count). The maximum absolute atomic E-state index is 12.5. The van der Waals surface area contributed by atoms with Crippen LogP contribution in [0.4, 0.5) is 4.79 Å². The molecule has 1 aromatic carbocycles. The molecule has 1 amide bonds. The molecule has 1 aliphatic heterocycles. The predicted molar refractivity (Wildman–Crippen MR) is 122 cm³/mol. The van der Waals surface area contributed by atoms with Crippen molar-refractivity contribution in [2.75, 3.05) is 26.2 Å². The van der Waals surface area contributed by atoms with Gasteiger partial charge < -0.3 is 9.64 Å². The van der Waals surface area contributed by atoms with Crippen LogP contribution in [-0.4, -0.2) is 52.7 Å². The number of rotatable bonds is 1. The lowest BCUT2D eigenvalue weighted by molar-refractivity contribution is 0.0118. The highest BCUT2D eigenvalue weighted by molar-refractivity contribution is 9.10. The number of carbonyl (C=O) groups excluding carboxylic acids is 1. The lowest BCUT2D eigenvalue weighted by Crippen LogP contribution is -2.51. The summed E-state index contributed by atoms with van der Waals surface area (Å²) in [5.41, 5.74) is 4.42. The number of ether oxygens (including phenoxy) is 1. The predicted octanol–water partition coefficient (Wildman–Crippen LogP) is 5.24. The van der Waals surface area contributed by atoms with E-state index in [2.05, 4.69) is 39.0 Å². The molecule has 0 radical (unpaired) electrons. The van der Waals surface area contributed by atoms with Crippen LogP contribution in [0.2, 0.25) is 5.02 Å². The minimum Gasteiger partial charge on any atom is -0.444 e. The van der Waals surface area contributed by atoms with Crippen molar-refractivity contribution in [3.63, 3.8) is 0 Å². The summed E-state index contributed by atoms with van der Waals surface area (Å²) < 4.78 is 6.55. The Morgan fingerprint density at radius 2 is 1.83 bits per heavy atom. The van der Waals surface area contributed by atoms with Gasteiger partial charge in [-0.25, -0.2) is 4.79 Å². The molecule has 160 valence electrons. The normalized spacial score (nSPS) is 19.6. The molecule has 0 bridgehead atoms. The van der Waals surface area contributed by atoms with Crippen molar-refractivity contribution in [3.8, 4) is 0 Å². The van der Waals surface area contributed by atoms with E-state index in [4.69, 9.17) is 21.3 Å². The van der Waals surface area contributed by atoms with Gasteiger partial charge in [-0.3, -0.25) is 9.88 Å². The van der Waals surface area contributed by atoms with Gasteiger partial charge in [0, 0.05) is 41.9 Å². The standard InChI is InChI=1S/C23H27BrClN3O2/c1-23(2,3)30-22(29)28-10-8-27(9-11-28)21-19-7-6-18(25)13-15(19)4-5-16-12-17(24)14-26-20(16)21/h6-7,12-14,21H,4-5,8-11H2,1-3H3/t21-/m1/s1. The Labute approximate surface area is 191 Å². The number of hydrogen-bond acceptors (Lipinski definition) is 4. The summed E-state index contributed by atoms with van der Waals surface area (Å²) in [7, 11) is 0. The monoisotopic (exact) mass is 491 g/mol. The lowest BCUT2D eigenvalue weighted by Gasteiger charge is -2.40. The van der Waals surface area contributed by atoms with Crippen LogP contribution in [0.25, 0.3) is 0 Å².